The fraction of sp³-hybridized carbons (Fsp3) is 0.842. The molecule has 0 unspecified atom stereocenters. The minimum Gasteiger partial charge on any atom is -0.450 e. The van der Waals surface area contributed by atoms with E-state index in [2.05, 4.69) is 0 Å². The number of amides is 2. The molecule has 0 radical (unpaired) electrons. The molecule has 160 valence electrons. The third-order valence-corrected chi connectivity index (χ3v) is 4.91. The van der Waals surface area contributed by atoms with E-state index in [1.807, 2.05) is 20.8 Å². The number of ether oxygens (including phenoxy) is 3. The molecule has 1 heterocycles. The minimum absolute atomic E-state index is 0.135. The number of nitrogens with zero attached hydrogens (tertiary/aromatic N) is 2. The molecule has 8 nitrogen and oxygen atoms in total. The Balaban J connectivity index is 1.72. The van der Waals surface area contributed by atoms with Crippen LogP contribution >= 0.6 is 11.6 Å². The van der Waals surface area contributed by atoms with Crippen molar-refractivity contribution in [1.82, 2.24) is 9.80 Å². The molecule has 1 aliphatic carbocycles. The highest BCUT2D eigenvalue weighted by atomic mass is 35.5. The van der Waals surface area contributed by atoms with Gasteiger partial charge in [-0.05, 0) is 59.3 Å². The van der Waals surface area contributed by atoms with Crippen molar-refractivity contribution < 1.29 is 28.6 Å². The lowest BCUT2D eigenvalue weighted by Crippen LogP contribution is -2.52. The Morgan fingerprint density at radius 3 is 1.64 bits per heavy atom. The van der Waals surface area contributed by atoms with Crippen LogP contribution in [0.1, 0.15) is 59.3 Å². The van der Waals surface area contributed by atoms with Crippen LogP contribution in [-0.2, 0) is 14.2 Å². The van der Waals surface area contributed by atoms with Crippen LogP contribution in [-0.4, -0.2) is 71.4 Å². The highest BCUT2D eigenvalue weighted by Crippen LogP contribution is 2.23. The van der Waals surface area contributed by atoms with Gasteiger partial charge in [-0.3, -0.25) is 0 Å². The maximum absolute atomic E-state index is 12.5. The Labute approximate surface area is 171 Å². The summed E-state index contributed by atoms with van der Waals surface area (Å²) in [5.41, 5.74) is -1.30. The number of halogens is 1. The molecule has 0 aromatic carbocycles. The number of piperazine rings is 1. The van der Waals surface area contributed by atoms with Crippen LogP contribution in [0.2, 0.25) is 0 Å². The summed E-state index contributed by atoms with van der Waals surface area (Å²) in [5.74, 6) is 0. The largest absolute Gasteiger partial charge is 0.450 e. The van der Waals surface area contributed by atoms with Gasteiger partial charge in [0.15, 0.2) is 0 Å². The SMILES string of the molecule is CC(C)(C)OC(=O)N1CCN(C(=O)OC2CCCC(OC(=O)Cl)CCC2)CC1. The van der Waals surface area contributed by atoms with Gasteiger partial charge in [0.1, 0.15) is 17.8 Å². The van der Waals surface area contributed by atoms with Crippen LogP contribution in [0.25, 0.3) is 0 Å². The van der Waals surface area contributed by atoms with E-state index in [0.29, 0.717) is 26.2 Å². The molecule has 9 heteroatoms. The molecule has 2 rings (SSSR count). The monoisotopic (exact) mass is 418 g/mol. The Morgan fingerprint density at radius 2 is 1.21 bits per heavy atom. The summed E-state index contributed by atoms with van der Waals surface area (Å²) in [5, 5.41) is 0. The molecule has 2 fully saturated rings. The molecule has 0 N–H and O–H groups in total. The van der Waals surface area contributed by atoms with Gasteiger partial charge in [-0.25, -0.2) is 14.4 Å². The van der Waals surface area contributed by atoms with Gasteiger partial charge in [0, 0.05) is 37.8 Å². The molecule has 1 saturated carbocycles. The molecule has 28 heavy (non-hydrogen) atoms. The summed E-state index contributed by atoms with van der Waals surface area (Å²) in [6.07, 6.45) is 3.55. The smallest absolute Gasteiger partial charge is 0.410 e. The molecule has 2 amide bonds. The standard InChI is InChI=1S/C19H31ClN2O6/c1-19(2,3)28-18(25)22-12-10-21(11-13-22)17(24)27-15-8-4-6-14(7-5-9-15)26-16(20)23/h14-15H,4-13H2,1-3H3. The van der Waals surface area contributed by atoms with Crippen molar-refractivity contribution in [2.45, 2.75) is 77.1 Å². The summed E-state index contributed by atoms with van der Waals surface area (Å²) >= 11 is 5.28. The maximum Gasteiger partial charge on any atom is 0.410 e. The van der Waals surface area contributed by atoms with E-state index in [-0.39, 0.29) is 24.4 Å². The van der Waals surface area contributed by atoms with Crippen LogP contribution in [0, 0.1) is 0 Å². The van der Waals surface area contributed by atoms with Crippen molar-refractivity contribution in [3.8, 4) is 0 Å². The van der Waals surface area contributed by atoms with Crippen LogP contribution in [0.5, 0.6) is 0 Å². The lowest BCUT2D eigenvalue weighted by atomic mass is 9.96. The number of hydrogen-bond donors (Lipinski definition) is 0. The normalized spacial score (nSPS) is 24.0. The minimum atomic E-state index is -0.765. The second kappa shape index (κ2) is 10.2. The number of rotatable bonds is 2. The highest BCUT2D eigenvalue weighted by Gasteiger charge is 2.29. The molecular formula is C19H31ClN2O6. The third-order valence-electron chi connectivity index (χ3n) is 4.82. The fourth-order valence-corrected chi connectivity index (χ4v) is 3.54. The van der Waals surface area contributed by atoms with Gasteiger partial charge in [0.2, 0.25) is 0 Å². The average Bonchev–Trinajstić information content (AvgIpc) is 2.57. The number of hydrogen-bond acceptors (Lipinski definition) is 6. The quantitative estimate of drug-likeness (QED) is 0.494. The van der Waals surface area contributed by atoms with Gasteiger partial charge in [-0.1, -0.05) is 0 Å². The number of carbonyl (C=O) groups excluding carboxylic acids is 3. The van der Waals surface area contributed by atoms with E-state index in [4.69, 9.17) is 25.8 Å². The van der Waals surface area contributed by atoms with Crippen molar-refractivity contribution in [2.75, 3.05) is 26.2 Å². The molecule has 0 aromatic heterocycles. The summed E-state index contributed by atoms with van der Waals surface area (Å²) in [6, 6.07) is 0. The average molecular weight is 419 g/mol. The molecule has 0 atom stereocenters. The first-order chi connectivity index (χ1) is 13.1. The topological polar surface area (TPSA) is 85.4 Å². The van der Waals surface area contributed by atoms with Gasteiger partial charge in [-0.15, -0.1) is 0 Å². The van der Waals surface area contributed by atoms with Crippen LogP contribution in [0.3, 0.4) is 0 Å². The Morgan fingerprint density at radius 1 is 0.786 bits per heavy atom. The second-order valence-corrected chi connectivity index (χ2v) is 8.61. The zero-order valence-electron chi connectivity index (χ0n) is 16.9. The molecular weight excluding hydrogens is 388 g/mol. The molecule has 1 aliphatic heterocycles. The summed E-state index contributed by atoms with van der Waals surface area (Å²) in [7, 11) is 0. The first-order valence-corrected chi connectivity index (χ1v) is 10.3. The number of carbonyl (C=O) groups is 3. The zero-order chi connectivity index (χ0) is 20.7. The lowest BCUT2D eigenvalue weighted by molar-refractivity contribution is 0.00597. The van der Waals surface area contributed by atoms with Crippen LogP contribution < -0.4 is 0 Å². The van der Waals surface area contributed by atoms with Gasteiger partial charge in [-0.2, -0.15) is 0 Å². The lowest BCUT2D eigenvalue weighted by Gasteiger charge is -2.35. The van der Waals surface area contributed by atoms with Crippen molar-refractivity contribution in [3.05, 3.63) is 0 Å². The van der Waals surface area contributed by atoms with E-state index >= 15 is 0 Å². The van der Waals surface area contributed by atoms with Crippen molar-refractivity contribution in [2.24, 2.45) is 0 Å². The van der Waals surface area contributed by atoms with Gasteiger partial charge in [0.05, 0.1) is 0 Å². The third kappa shape index (κ3) is 7.73. The highest BCUT2D eigenvalue weighted by molar-refractivity contribution is 6.61. The maximum atomic E-state index is 12.5. The van der Waals surface area contributed by atoms with E-state index in [1.165, 1.54) is 0 Å². The summed E-state index contributed by atoms with van der Waals surface area (Å²) in [4.78, 5) is 38.7. The molecule has 0 bridgehead atoms. The van der Waals surface area contributed by atoms with Crippen molar-refractivity contribution in [1.29, 1.82) is 0 Å². The predicted molar refractivity (Wildman–Crippen MR) is 103 cm³/mol. The Kier molecular flexibility index (Phi) is 8.22. The van der Waals surface area contributed by atoms with E-state index < -0.39 is 11.0 Å². The summed E-state index contributed by atoms with van der Waals surface area (Å²) in [6.45, 7) is 7.21. The Bertz CT molecular complexity index is 547. The fourth-order valence-electron chi connectivity index (χ4n) is 3.42. The molecule has 0 aromatic rings. The van der Waals surface area contributed by atoms with Gasteiger partial charge < -0.3 is 24.0 Å². The van der Waals surface area contributed by atoms with Gasteiger partial charge in [0.25, 0.3) is 0 Å². The van der Waals surface area contributed by atoms with E-state index in [9.17, 15) is 14.4 Å². The predicted octanol–water partition coefficient (Wildman–Crippen LogP) is 4.14. The van der Waals surface area contributed by atoms with Crippen molar-refractivity contribution >= 4 is 29.2 Å². The van der Waals surface area contributed by atoms with Crippen LogP contribution in [0.15, 0.2) is 0 Å². The molecule has 0 spiro atoms. The van der Waals surface area contributed by atoms with E-state index in [1.54, 1.807) is 9.80 Å². The van der Waals surface area contributed by atoms with Crippen LogP contribution in [0.4, 0.5) is 14.4 Å². The van der Waals surface area contributed by atoms with Gasteiger partial charge >= 0.3 is 17.6 Å². The second-order valence-electron chi connectivity index (χ2n) is 8.30. The molecule has 1 saturated heterocycles. The first-order valence-electron chi connectivity index (χ1n) is 9.93. The van der Waals surface area contributed by atoms with E-state index in [0.717, 1.165) is 38.5 Å². The summed E-state index contributed by atoms with van der Waals surface area (Å²) < 4.78 is 16.1. The first kappa shape index (κ1) is 22.6. The van der Waals surface area contributed by atoms with Crippen molar-refractivity contribution in [3.63, 3.8) is 0 Å². The Hall–Kier alpha value is -1.70. The molecule has 2 aliphatic rings. The zero-order valence-corrected chi connectivity index (χ0v) is 17.7.